The molecule has 92 valence electrons. The van der Waals surface area contributed by atoms with Gasteiger partial charge in [0.2, 0.25) is 5.78 Å². The van der Waals surface area contributed by atoms with Gasteiger partial charge in [-0.1, -0.05) is 18.6 Å². The average Bonchev–Trinajstić information content (AvgIpc) is 2.66. The molecule has 1 aliphatic rings. The SMILES string of the molecule is CC1=CCc2c(C)coc2C(=O)C(C)CCC1. The summed E-state index contributed by atoms with van der Waals surface area (Å²) >= 11 is 0. The Morgan fingerprint density at radius 1 is 1.35 bits per heavy atom. The first kappa shape index (κ1) is 12.2. The van der Waals surface area contributed by atoms with E-state index in [2.05, 4.69) is 13.0 Å². The van der Waals surface area contributed by atoms with Crippen LogP contribution in [0.2, 0.25) is 0 Å². The van der Waals surface area contributed by atoms with Crippen molar-refractivity contribution in [2.24, 2.45) is 5.92 Å². The van der Waals surface area contributed by atoms with Gasteiger partial charge in [-0.3, -0.25) is 4.79 Å². The lowest BCUT2D eigenvalue weighted by Gasteiger charge is -2.12. The normalized spacial score (nSPS) is 21.9. The highest BCUT2D eigenvalue weighted by Gasteiger charge is 2.23. The predicted molar refractivity (Wildman–Crippen MR) is 68.3 cm³/mol. The molecule has 2 heteroatoms. The molecular weight excluding hydrogens is 212 g/mol. The molecule has 0 fully saturated rings. The lowest BCUT2D eigenvalue weighted by molar-refractivity contribution is 0.0893. The Balaban J connectivity index is 2.40. The zero-order chi connectivity index (χ0) is 12.4. The van der Waals surface area contributed by atoms with Gasteiger partial charge in [0.25, 0.3) is 0 Å². The van der Waals surface area contributed by atoms with Crippen molar-refractivity contribution in [1.29, 1.82) is 0 Å². The number of carbonyl (C=O) groups excluding carboxylic acids is 1. The summed E-state index contributed by atoms with van der Waals surface area (Å²) in [6, 6.07) is 0. The van der Waals surface area contributed by atoms with E-state index in [9.17, 15) is 4.79 Å². The third-order valence-corrected chi connectivity index (χ3v) is 3.64. The predicted octanol–water partition coefficient (Wildman–Crippen LogP) is 4.08. The Hall–Kier alpha value is -1.31. The highest BCUT2D eigenvalue weighted by Crippen LogP contribution is 2.25. The number of carbonyl (C=O) groups is 1. The summed E-state index contributed by atoms with van der Waals surface area (Å²) in [6.07, 6.45) is 7.89. The third kappa shape index (κ3) is 2.51. The van der Waals surface area contributed by atoms with Crippen molar-refractivity contribution in [3.05, 3.63) is 34.8 Å². The van der Waals surface area contributed by atoms with Crippen LogP contribution < -0.4 is 0 Å². The number of hydrogen-bond acceptors (Lipinski definition) is 2. The molecule has 0 saturated carbocycles. The van der Waals surface area contributed by atoms with Crippen LogP contribution in [0.15, 0.2) is 22.3 Å². The first-order valence-corrected chi connectivity index (χ1v) is 6.36. The smallest absolute Gasteiger partial charge is 0.201 e. The maximum atomic E-state index is 12.2. The van der Waals surface area contributed by atoms with Crippen molar-refractivity contribution in [3.8, 4) is 0 Å². The summed E-state index contributed by atoms with van der Waals surface area (Å²) in [4.78, 5) is 12.2. The molecule has 0 aliphatic heterocycles. The van der Waals surface area contributed by atoms with Gasteiger partial charge >= 0.3 is 0 Å². The van der Waals surface area contributed by atoms with E-state index in [4.69, 9.17) is 4.42 Å². The molecule has 0 spiro atoms. The van der Waals surface area contributed by atoms with E-state index in [0.717, 1.165) is 36.8 Å². The second-order valence-electron chi connectivity index (χ2n) is 5.14. The van der Waals surface area contributed by atoms with E-state index in [1.54, 1.807) is 6.26 Å². The summed E-state index contributed by atoms with van der Waals surface area (Å²) in [5, 5.41) is 0. The Morgan fingerprint density at radius 2 is 2.12 bits per heavy atom. The van der Waals surface area contributed by atoms with Gasteiger partial charge in [0.15, 0.2) is 5.76 Å². The van der Waals surface area contributed by atoms with Crippen LogP contribution in [0.3, 0.4) is 0 Å². The monoisotopic (exact) mass is 232 g/mol. The van der Waals surface area contributed by atoms with Gasteiger partial charge in [-0.25, -0.2) is 0 Å². The molecule has 2 rings (SSSR count). The van der Waals surface area contributed by atoms with Crippen LogP contribution in [0.4, 0.5) is 0 Å². The molecule has 1 aromatic heterocycles. The fraction of sp³-hybridized carbons (Fsp3) is 0.533. The van der Waals surface area contributed by atoms with Crippen LogP contribution in [-0.2, 0) is 6.42 Å². The van der Waals surface area contributed by atoms with Gasteiger partial charge < -0.3 is 4.42 Å². The van der Waals surface area contributed by atoms with E-state index in [0.29, 0.717) is 5.76 Å². The lowest BCUT2D eigenvalue weighted by Crippen LogP contribution is -2.13. The number of aryl methyl sites for hydroxylation is 1. The van der Waals surface area contributed by atoms with E-state index >= 15 is 0 Å². The van der Waals surface area contributed by atoms with Crippen molar-refractivity contribution in [3.63, 3.8) is 0 Å². The van der Waals surface area contributed by atoms with Crippen molar-refractivity contribution in [2.45, 2.75) is 46.5 Å². The fourth-order valence-electron chi connectivity index (χ4n) is 2.35. The third-order valence-electron chi connectivity index (χ3n) is 3.64. The molecular formula is C15H20O2. The number of allylic oxidation sites excluding steroid dienone is 2. The van der Waals surface area contributed by atoms with Gasteiger partial charge in [0.1, 0.15) is 0 Å². The second kappa shape index (κ2) is 4.91. The first-order chi connectivity index (χ1) is 8.09. The number of rotatable bonds is 0. The molecule has 0 bridgehead atoms. The van der Waals surface area contributed by atoms with Crippen molar-refractivity contribution < 1.29 is 9.21 Å². The number of hydrogen-bond donors (Lipinski definition) is 0. The van der Waals surface area contributed by atoms with Gasteiger partial charge in [-0.05, 0) is 45.1 Å². The van der Waals surface area contributed by atoms with Crippen LogP contribution in [0.1, 0.15) is 54.8 Å². The minimum Gasteiger partial charge on any atom is -0.461 e. The highest BCUT2D eigenvalue weighted by molar-refractivity contribution is 5.96. The summed E-state index contributed by atoms with van der Waals surface area (Å²) in [5.74, 6) is 0.826. The fourth-order valence-corrected chi connectivity index (χ4v) is 2.35. The highest BCUT2D eigenvalue weighted by atomic mass is 16.3. The average molecular weight is 232 g/mol. The van der Waals surface area contributed by atoms with Crippen molar-refractivity contribution in [2.75, 3.05) is 0 Å². The molecule has 2 nitrogen and oxygen atoms in total. The van der Waals surface area contributed by atoms with Crippen LogP contribution in [0.25, 0.3) is 0 Å². The number of Topliss-reactive ketones (excluding diaryl/α,β-unsaturated/α-hetero) is 1. The first-order valence-electron chi connectivity index (χ1n) is 6.36. The topological polar surface area (TPSA) is 30.2 Å². The molecule has 1 heterocycles. The summed E-state index contributed by atoms with van der Waals surface area (Å²) in [6.45, 7) is 6.18. The minimum absolute atomic E-state index is 0.0743. The molecule has 1 aromatic rings. The standard InChI is InChI=1S/C15H20O2/c1-10-5-4-6-11(2)14(16)15-13(8-7-10)12(3)9-17-15/h7,9,11H,4-6,8H2,1-3H3. The summed E-state index contributed by atoms with van der Waals surface area (Å²) < 4.78 is 5.46. The number of fused-ring (bicyclic) bond motifs is 1. The second-order valence-corrected chi connectivity index (χ2v) is 5.14. The van der Waals surface area contributed by atoms with Crippen molar-refractivity contribution >= 4 is 5.78 Å². The number of ketones is 1. The molecule has 0 aromatic carbocycles. The van der Waals surface area contributed by atoms with Gasteiger partial charge in [-0.2, -0.15) is 0 Å². The quantitative estimate of drug-likeness (QED) is 0.631. The molecule has 0 saturated heterocycles. The Morgan fingerprint density at radius 3 is 2.88 bits per heavy atom. The summed E-state index contributed by atoms with van der Waals surface area (Å²) in [7, 11) is 0. The maximum absolute atomic E-state index is 12.2. The molecule has 0 amide bonds. The largest absolute Gasteiger partial charge is 0.461 e. The molecule has 1 unspecified atom stereocenters. The Bertz CT molecular complexity index is 451. The van der Waals surface area contributed by atoms with Crippen LogP contribution in [0, 0.1) is 12.8 Å². The van der Waals surface area contributed by atoms with Crippen LogP contribution in [-0.4, -0.2) is 5.78 Å². The van der Waals surface area contributed by atoms with Crippen molar-refractivity contribution in [1.82, 2.24) is 0 Å². The van der Waals surface area contributed by atoms with Gasteiger partial charge in [0.05, 0.1) is 6.26 Å². The summed E-state index contributed by atoms with van der Waals surface area (Å²) in [5.41, 5.74) is 3.58. The molecule has 17 heavy (non-hydrogen) atoms. The van der Waals surface area contributed by atoms with Gasteiger partial charge in [0, 0.05) is 11.5 Å². The van der Waals surface area contributed by atoms with E-state index < -0.39 is 0 Å². The molecule has 0 N–H and O–H groups in total. The lowest BCUT2D eigenvalue weighted by atomic mass is 9.91. The van der Waals surface area contributed by atoms with Crippen LogP contribution in [0.5, 0.6) is 0 Å². The Labute approximate surface area is 103 Å². The zero-order valence-corrected chi connectivity index (χ0v) is 10.9. The molecule has 1 atom stereocenters. The number of furan rings is 1. The van der Waals surface area contributed by atoms with E-state index in [-0.39, 0.29) is 11.7 Å². The molecule has 0 radical (unpaired) electrons. The minimum atomic E-state index is 0.0743. The van der Waals surface area contributed by atoms with E-state index in [1.807, 2.05) is 13.8 Å². The molecule has 1 aliphatic carbocycles. The van der Waals surface area contributed by atoms with Gasteiger partial charge in [-0.15, -0.1) is 0 Å². The van der Waals surface area contributed by atoms with Crippen LogP contribution >= 0.6 is 0 Å². The maximum Gasteiger partial charge on any atom is 0.201 e. The Kier molecular flexibility index (Phi) is 3.51. The zero-order valence-electron chi connectivity index (χ0n) is 10.9. The van der Waals surface area contributed by atoms with E-state index in [1.165, 1.54) is 5.57 Å².